The second-order valence-electron chi connectivity index (χ2n) is 9.74. The molecule has 1 aromatic carbocycles. The van der Waals surface area contributed by atoms with Gasteiger partial charge in [0.1, 0.15) is 11.9 Å². The second-order valence-corrected chi connectivity index (χ2v) is 9.74. The zero-order valence-corrected chi connectivity index (χ0v) is 20.0. The summed E-state index contributed by atoms with van der Waals surface area (Å²) >= 11 is 0. The Morgan fingerprint density at radius 3 is 2.91 bits per heavy atom. The van der Waals surface area contributed by atoms with E-state index in [2.05, 4.69) is 15.0 Å². The number of benzene rings is 1. The molecule has 1 N–H and O–H groups in total. The highest BCUT2D eigenvalue weighted by Crippen LogP contribution is 2.50. The fourth-order valence-electron chi connectivity index (χ4n) is 4.99. The number of aromatic nitrogens is 1. The van der Waals surface area contributed by atoms with Gasteiger partial charge in [0.05, 0.1) is 43.3 Å². The largest absolute Gasteiger partial charge is 0.373 e. The van der Waals surface area contributed by atoms with Crippen LogP contribution in [0.1, 0.15) is 51.6 Å². The molecule has 4 atom stereocenters. The van der Waals surface area contributed by atoms with Gasteiger partial charge in [-0.25, -0.2) is 4.98 Å². The van der Waals surface area contributed by atoms with Gasteiger partial charge in [0, 0.05) is 13.2 Å². The second kappa shape index (κ2) is 10.2. The molecular formula is C26H33F2N3O4. The first-order valence-electron chi connectivity index (χ1n) is 12.2. The number of nitrogens with one attached hydrogen (secondary N) is 1. The molecule has 9 heteroatoms. The number of fused-ring (bicyclic) bond motifs is 2. The zero-order valence-electron chi connectivity index (χ0n) is 20.0. The SMILES string of the molecule is CC(C)O[C@H]1CC[C@H](C(=O)N2Cc3cccnc3Nc3ccc(C4CC4COC(F)F)cc32)OC1.[HH]. The molecule has 35 heavy (non-hydrogen) atoms. The minimum atomic E-state index is -2.76. The van der Waals surface area contributed by atoms with Crippen LogP contribution in [-0.2, 0) is 25.5 Å². The van der Waals surface area contributed by atoms with E-state index in [9.17, 15) is 13.6 Å². The summed E-state index contributed by atoms with van der Waals surface area (Å²) in [6.07, 6.45) is 3.41. The van der Waals surface area contributed by atoms with Crippen molar-refractivity contribution in [2.75, 3.05) is 23.4 Å². The molecular weight excluding hydrogens is 456 g/mol. The average Bonchev–Trinajstić information content (AvgIpc) is 3.63. The number of hydrogen-bond donors (Lipinski definition) is 1. The van der Waals surface area contributed by atoms with Crippen molar-refractivity contribution in [2.24, 2.45) is 5.92 Å². The summed E-state index contributed by atoms with van der Waals surface area (Å²) in [5.74, 6) is 0.808. The Hall–Kier alpha value is -2.62. The van der Waals surface area contributed by atoms with Crippen LogP contribution >= 0.6 is 0 Å². The van der Waals surface area contributed by atoms with Gasteiger partial charge < -0.3 is 24.4 Å². The maximum atomic E-state index is 13.8. The number of nitrogens with zero attached hydrogens (tertiary/aromatic N) is 2. The van der Waals surface area contributed by atoms with Crippen LogP contribution in [0.15, 0.2) is 36.5 Å². The van der Waals surface area contributed by atoms with Crippen LogP contribution in [0.3, 0.4) is 0 Å². The standard InChI is InChI=1S/C26H31F2N3O4.H2/c1-15(2)35-19-6-8-23(33-14-19)25(32)31-12-17-4-3-9-29-24(17)30-21-7-5-16(11-22(21)31)20-10-18(20)13-34-26(27)28;/h3-5,7,9,11,15,18-20,23,26H,6,8,10,12-14H2,1-2H3,(H,29,30);1H/t18?,19-,20?,23+;/m0./s1. The van der Waals surface area contributed by atoms with Crippen molar-refractivity contribution >= 4 is 23.1 Å². The molecule has 0 radical (unpaired) electrons. The smallest absolute Gasteiger partial charge is 0.345 e. The molecule has 2 aromatic rings. The molecule has 5 rings (SSSR count). The number of amides is 1. The molecule has 1 amide bonds. The van der Waals surface area contributed by atoms with E-state index >= 15 is 0 Å². The van der Waals surface area contributed by atoms with Crippen molar-refractivity contribution in [1.29, 1.82) is 0 Å². The lowest BCUT2D eigenvalue weighted by atomic mass is 10.0. The number of hydrogen-bond acceptors (Lipinski definition) is 6. The maximum Gasteiger partial charge on any atom is 0.345 e. The van der Waals surface area contributed by atoms with Gasteiger partial charge in [-0.15, -0.1) is 0 Å². The van der Waals surface area contributed by atoms with Crippen LogP contribution in [0.2, 0.25) is 0 Å². The van der Waals surface area contributed by atoms with Crippen LogP contribution < -0.4 is 10.2 Å². The number of alkyl halides is 2. The van der Waals surface area contributed by atoms with Crippen molar-refractivity contribution in [3.8, 4) is 0 Å². The van der Waals surface area contributed by atoms with E-state index < -0.39 is 12.7 Å². The highest BCUT2D eigenvalue weighted by atomic mass is 19.3. The summed E-state index contributed by atoms with van der Waals surface area (Å²) in [7, 11) is 0. The van der Waals surface area contributed by atoms with Gasteiger partial charge in [-0.05, 0) is 68.7 Å². The van der Waals surface area contributed by atoms with Crippen LogP contribution in [0, 0.1) is 5.92 Å². The highest BCUT2D eigenvalue weighted by molar-refractivity contribution is 6.01. The molecule has 0 bridgehead atoms. The lowest BCUT2D eigenvalue weighted by Gasteiger charge is -2.33. The van der Waals surface area contributed by atoms with Gasteiger partial charge >= 0.3 is 6.61 Å². The van der Waals surface area contributed by atoms with E-state index in [1.54, 1.807) is 11.1 Å². The summed E-state index contributed by atoms with van der Waals surface area (Å²) in [5, 5.41) is 3.37. The van der Waals surface area contributed by atoms with Gasteiger partial charge in [-0.1, -0.05) is 12.1 Å². The predicted molar refractivity (Wildman–Crippen MR) is 129 cm³/mol. The molecule has 1 aliphatic carbocycles. The lowest BCUT2D eigenvalue weighted by Crippen LogP contribution is -2.44. The van der Waals surface area contributed by atoms with Crippen LogP contribution in [0.25, 0.3) is 0 Å². The molecule has 3 heterocycles. The van der Waals surface area contributed by atoms with Crippen LogP contribution in [0.5, 0.6) is 0 Å². The molecule has 1 saturated carbocycles. The summed E-state index contributed by atoms with van der Waals surface area (Å²) in [6.45, 7) is 2.01. The Morgan fingerprint density at radius 1 is 1.31 bits per heavy atom. The lowest BCUT2D eigenvalue weighted by molar-refractivity contribution is -0.143. The first kappa shape index (κ1) is 24.1. The third-order valence-corrected chi connectivity index (χ3v) is 6.81. The summed E-state index contributed by atoms with van der Waals surface area (Å²) < 4.78 is 41.3. The van der Waals surface area contributed by atoms with Crippen LogP contribution in [0.4, 0.5) is 26.0 Å². The molecule has 3 aliphatic rings. The highest BCUT2D eigenvalue weighted by Gasteiger charge is 2.40. The van der Waals surface area contributed by atoms with Crippen molar-refractivity contribution in [2.45, 2.75) is 70.5 Å². The zero-order chi connectivity index (χ0) is 24.5. The topological polar surface area (TPSA) is 72.9 Å². The summed E-state index contributed by atoms with van der Waals surface area (Å²) in [6, 6.07) is 9.72. The van der Waals surface area contributed by atoms with Gasteiger partial charge in [-0.3, -0.25) is 4.79 Å². The number of carbonyl (C=O) groups is 1. The van der Waals surface area contributed by atoms with E-state index in [4.69, 9.17) is 9.47 Å². The fourth-order valence-corrected chi connectivity index (χ4v) is 4.99. The third kappa shape index (κ3) is 5.47. The molecule has 2 aliphatic heterocycles. The van der Waals surface area contributed by atoms with Gasteiger partial charge in [0.25, 0.3) is 5.91 Å². The minimum Gasteiger partial charge on any atom is -0.373 e. The van der Waals surface area contributed by atoms with Gasteiger partial charge in [0.2, 0.25) is 0 Å². The van der Waals surface area contributed by atoms with E-state index in [0.717, 1.165) is 35.3 Å². The molecule has 1 saturated heterocycles. The van der Waals surface area contributed by atoms with E-state index in [1.807, 2.05) is 44.2 Å². The summed E-state index contributed by atoms with van der Waals surface area (Å²) in [5.41, 5.74) is 3.44. The number of ether oxygens (including phenoxy) is 3. The monoisotopic (exact) mass is 489 g/mol. The molecule has 1 aromatic heterocycles. The van der Waals surface area contributed by atoms with Gasteiger partial charge in [0.15, 0.2) is 0 Å². The van der Waals surface area contributed by atoms with Gasteiger partial charge in [-0.2, -0.15) is 8.78 Å². The third-order valence-electron chi connectivity index (χ3n) is 6.81. The Bertz CT molecular complexity index is 1070. The number of anilines is 3. The molecule has 0 spiro atoms. The normalized spacial score (nSPS) is 25.6. The molecule has 190 valence electrons. The number of rotatable bonds is 7. The molecule has 7 nitrogen and oxygen atoms in total. The molecule has 2 unspecified atom stereocenters. The van der Waals surface area contributed by atoms with E-state index in [-0.39, 0.29) is 38.0 Å². The van der Waals surface area contributed by atoms with E-state index in [1.165, 1.54) is 0 Å². The van der Waals surface area contributed by atoms with Crippen LogP contribution in [-0.4, -0.2) is 49.0 Å². The number of halogens is 2. The predicted octanol–water partition coefficient (Wildman–Crippen LogP) is 5.23. The Labute approximate surface area is 205 Å². The Kier molecular flexibility index (Phi) is 7.00. The van der Waals surface area contributed by atoms with E-state index in [0.29, 0.717) is 25.4 Å². The van der Waals surface area contributed by atoms with Crippen molar-refractivity contribution in [3.05, 3.63) is 47.7 Å². The maximum absolute atomic E-state index is 13.8. The molecule has 2 fully saturated rings. The van der Waals surface area contributed by atoms with Crippen molar-refractivity contribution < 1.29 is 29.2 Å². The minimum absolute atomic E-state index is 0. The Balaban J connectivity index is 0.00000304. The van der Waals surface area contributed by atoms with Crippen molar-refractivity contribution in [1.82, 2.24) is 4.98 Å². The fraction of sp³-hybridized carbons (Fsp3) is 0.538. The first-order valence-corrected chi connectivity index (χ1v) is 12.2. The quantitative estimate of drug-likeness (QED) is 0.574. The Morgan fingerprint density at radius 2 is 2.17 bits per heavy atom. The number of pyridine rings is 1. The average molecular weight is 490 g/mol. The van der Waals surface area contributed by atoms with Crippen molar-refractivity contribution in [3.63, 3.8) is 0 Å². The summed E-state index contributed by atoms with van der Waals surface area (Å²) in [4.78, 5) is 20.0. The first-order chi connectivity index (χ1) is 16.9. The number of carbonyl (C=O) groups excluding carboxylic acids is 1.